The van der Waals surface area contributed by atoms with Crippen LogP contribution >= 0.6 is 0 Å². The van der Waals surface area contributed by atoms with Gasteiger partial charge in [-0.15, -0.1) is 0 Å². The lowest BCUT2D eigenvalue weighted by Gasteiger charge is -2.31. The van der Waals surface area contributed by atoms with E-state index in [0.717, 1.165) is 37.3 Å². The second kappa shape index (κ2) is 4.82. The number of rotatable bonds is 3. The van der Waals surface area contributed by atoms with Crippen molar-refractivity contribution in [2.45, 2.75) is 25.8 Å². The van der Waals surface area contributed by atoms with Crippen molar-refractivity contribution in [3.63, 3.8) is 0 Å². The van der Waals surface area contributed by atoms with Gasteiger partial charge in [-0.25, -0.2) is 4.39 Å². The first-order valence-corrected chi connectivity index (χ1v) is 5.80. The van der Waals surface area contributed by atoms with Gasteiger partial charge in [-0.3, -0.25) is 4.68 Å². The molecule has 16 heavy (non-hydrogen) atoms. The molecule has 0 aromatic carbocycles. The molecule has 0 saturated carbocycles. The lowest BCUT2D eigenvalue weighted by molar-refractivity contribution is 0.168. The molecular formula is C11H19FN4. The minimum atomic E-state index is -0.252. The third-order valence-electron chi connectivity index (χ3n) is 3.39. The van der Waals surface area contributed by atoms with E-state index in [1.165, 1.54) is 0 Å². The summed E-state index contributed by atoms with van der Waals surface area (Å²) in [6.45, 7) is 4.21. The number of aromatic nitrogens is 2. The summed E-state index contributed by atoms with van der Waals surface area (Å²) >= 11 is 0. The van der Waals surface area contributed by atoms with Crippen LogP contribution in [0, 0.1) is 6.92 Å². The Labute approximate surface area is 95.2 Å². The van der Waals surface area contributed by atoms with Crippen molar-refractivity contribution in [2.24, 2.45) is 0 Å². The molecule has 90 valence electrons. The van der Waals surface area contributed by atoms with Gasteiger partial charge in [-0.05, 0) is 19.8 Å². The second-order valence-corrected chi connectivity index (χ2v) is 4.39. The topological polar surface area (TPSA) is 47.1 Å². The van der Waals surface area contributed by atoms with Crippen LogP contribution in [-0.2, 0) is 0 Å². The molecule has 5 heteroatoms. The van der Waals surface area contributed by atoms with Crippen molar-refractivity contribution in [3.8, 4) is 0 Å². The molecule has 0 unspecified atom stereocenters. The zero-order valence-corrected chi connectivity index (χ0v) is 9.69. The first-order chi connectivity index (χ1) is 7.72. The Kier molecular flexibility index (Phi) is 3.43. The van der Waals surface area contributed by atoms with Crippen LogP contribution in [0.4, 0.5) is 10.1 Å². The lowest BCUT2D eigenvalue weighted by atomic mass is 10.1. The van der Waals surface area contributed by atoms with Gasteiger partial charge in [0.1, 0.15) is 6.67 Å². The first kappa shape index (κ1) is 11.4. The van der Waals surface area contributed by atoms with E-state index in [-0.39, 0.29) is 6.67 Å². The summed E-state index contributed by atoms with van der Waals surface area (Å²) in [5, 5.41) is 4.31. The fourth-order valence-electron chi connectivity index (χ4n) is 2.31. The van der Waals surface area contributed by atoms with Gasteiger partial charge in [0.2, 0.25) is 0 Å². The van der Waals surface area contributed by atoms with E-state index < -0.39 is 0 Å². The number of halogens is 1. The number of hydrogen-bond acceptors (Lipinski definition) is 3. The van der Waals surface area contributed by atoms with Gasteiger partial charge in [0.15, 0.2) is 0 Å². The van der Waals surface area contributed by atoms with Gasteiger partial charge in [0.25, 0.3) is 0 Å². The van der Waals surface area contributed by atoms with Crippen LogP contribution in [0.15, 0.2) is 6.20 Å². The molecule has 4 nitrogen and oxygen atoms in total. The van der Waals surface area contributed by atoms with Crippen LogP contribution in [0.2, 0.25) is 0 Å². The highest BCUT2D eigenvalue weighted by Gasteiger charge is 2.22. The highest BCUT2D eigenvalue weighted by Crippen LogP contribution is 2.24. The monoisotopic (exact) mass is 226 g/mol. The fourth-order valence-corrected chi connectivity index (χ4v) is 2.31. The molecule has 1 aromatic rings. The fraction of sp³-hybridized carbons (Fsp3) is 0.727. The molecule has 1 saturated heterocycles. The summed E-state index contributed by atoms with van der Waals surface area (Å²) in [5.74, 6) is 0. The number of nitrogens with zero attached hydrogens (tertiary/aromatic N) is 3. The van der Waals surface area contributed by atoms with Crippen LogP contribution in [0.25, 0.3) is 0 Å². The smallest absolute Gasteiger partial charge is 0.102 e. The summed E-state index contributed by atoms with van der Waals surface area (Å²) in [4.78, 5) is 2.17. The van der Waals surface area contributed by atoms with E-state index in [2.05, 4.69) is 10.00 Å². The molecule has 0 atom stereocenters. The third kappa shape index (κ3) is 2.19. The Balaban J connectivity index is 1.96. The quantitative estimate of drug-likeness (QED) is 0.847. The van der Waals surface area contributed by atoms with Crippen molar-refractivity contribution < 1.29 is 4.39 Å². The number of nitrogen functional groups attached to an aromatic ring is 1. The second-order valence-electron chi connectivity index (χ2n) is 4.39. The zero-order chi connectivity index (χ0) is 11.5. The molecule has 0 radical (unpaired) electrons. The average Bonchev–Trinajstić information content (AvgIpc) is 2.62. The summed E-state index contributed by atoms with van der Waals surface area (Å²) < 4.78 is 14.2. The Bertz CT molecular complexity index is 342. The van der Waals surface area contributed by atoms with Crippen LogP contribution in [-0.4, -0.2) is 41.0 Å². The Hall–Kier alpha value is -1.10. The van der Waals surface area contributed by atoms with E-state index in [9.17, 15) is 4.39 Å². The van der Waals surface area contributed by atoms with Gasteiger partial charge >= 0.3 is 0 Å². The molecule has 1 aliphatic rings. The van der Waals surface area contributed by atoms with E-state index >= 15 is 0 Å². The maximum absolute atomic E-state index is 12.2. The SMILES string of the molecule is Cc1c(N)cnn1C1CCN(CCF)CC1. The number of hydrogen-bond donors (Lipinski definition) is 1. The highest BCUT2D eigenvalue weighted by molar-refractivity contribution is 5.39. The Morgan fingerprint density at radius 2 is 2.19 bits per heavy atom. The number of alkyl halides is 1. The minimum absolute atomic E-state index is 0.252. The highest BCUT2D eigenvalue weighted by atomic mass is 19.1. The first-order valence-electron chi connectivity index (χ1n) is 5.80. The maximum atomic E-state index is 12.2. The largest absolute Gasteiger partial charge is 0.396 e. The molecule has 2 rings (SSSR count). The van der Waals surface area contributed by atoms with Crippen LogP contribution < -0.4 is 5.73 Å². The molecule has 1 aliphatic heterocycles. The van der Waals surface area contributed by atoms with Gasteiger partial charge in [-0.2, -0.15) is 5.10 Å². The van der Waals surface area contributed by atoms with Crippen LogP contribution in [0.1, 0.15) is 24.6 Å². The van der Waals surface area contributed by atoms with Crippen molar-refractivity contribution >= 4 is 5.69 Å². The maximum Gasteiger partial charge on any atom is 0.102 e. The molecular weight excluding hydrogens is 207 g/mol. The Morgan fingerprint density at radius 1 is 1.50 bits per heavy atom. The van der Waals surface area contributed by atoms with E-state index in [4.69, 9.17) is 5.73 Å². The lowest BCUT2D eigenvalue weighted by Crippen LogP contribution is -2.36. The summed E-state index contributed by atoms with van der Waals surface area (Å²) in [6, 6.07) is 0.424. The number of likely N-dealkylation sites (tertiary alicyclic amines) is 1. The van der Waals surface area contributed by atoms with Crippen molar-refractivity contribution in [3.05, 3.63) is 11.9 Å². The van der Waals surface area contributed by atoms with Crippen LogP contribution in [0.5, 0.6) is 0 Å². The van der Waals surface area contributed by atoms with E-state index in [0.29, 0.717) is 12.6 Å². The van der Waals surface area contributed by atoms with Gasteiger partial charge in [0.05, 0.1) is 23.6 Å². The van der Waals surface area contributed by atoms with Crippen molar-refractivity contribution in [1.29, 1.82) is 0 Å². The van der Waals surface area contributed by atoms with Crippen molar-refractivity contribution in [1.82, 2.24) is 14.7 Å². The molecule has 1 fully saturated rings. The Morgan fingerprint density at radius 3 is 2.69 bits per heavy atom. The molecule has 0 aliphatic carbocycles. The minimum Gasteiger partial charge on any atom is -0.396 e. The molecule has 2 heterocycles. The number of anilines is 1. The van der Waals surface area contributed by atoms with Crippen molar-refractivity contribution in [2.75, 3.05) is 32.0 Å². The summed E-state index contributed by atoms with van der Waals surface area (Å²) in [5.41, 5.74) is 7.58. The van der Waals surface area contributed by atoms with Gasteiger partial charge in [-0.1, -0.05) is 0 Å². The van der Waals surface area contributed by atoms with Gasteiger partial charge < -0.3 is 10.6 Å². The number of nitrogens with two attached hydrogens (primary N) is 1. The predicted molar refractivity (Wildman–Crippen MR) is 62.1 cm³/mol. The van der Waals surface area contributed by atoms with Crippen LogP contribution in [0.3, 0.4) is 0 Å². The van der Waals surface area contributed by atoms with E-state index in [1.54, 1.807) is 6.20 Å². The average molecular weight is 226 g/mol. The summed E-state index contributed by atoms with van der Waals surface area (Å²) in [6.07, 6.45) is 3.77. The summed E-state index contributed by atoms with van der Waals surface area (Å²) in [7, 11) is 0. The molecule has 2 N–H and O–H groups in total. The number of piperidine rings is 1. The molecule has 1 aromatic heterocycles. The molecule has 0 amide bonds. The zero-order valence-electron chi connectivity index (χ0n) is 9.69. The van der Waals surface area contributed by atoms with Gasteiger partial charge in [0, 0.05) is 19.6 Å². The van der Waals surface area contributed by atoms with E-state index in [1.807, 2.05) is 11.6 Å². The predicted octanol–water partition coefficient (Wildman–Crippen LogP) is 1.38. The molecule has 0 spiro atoms. The normalized spacial score (nSPS) is 19.1. The molecule has 0 bridgehead atoms. The standard InChI is InChI=1S/C11H19FN4/c1-9-11(13)8-14-16(9)10-2-5-15(6-3-10)7-4-12/h8,10H,2-7,13H2,1H3. The third-order valence-corrected chi connectivity index (χ3v) is 3.39.